The number of aromatic nitrogens is 2. The van der Waals surface area contributed by atoms with E-state index in [4.69, 9.17) is 4.55 Å². The van der Waals surface area contributed by atoms with Gasteiger partial charge in [0.15, 0.2) is 0 Å². The predicted octanol–water partition coefficient (Wildman–Crippen LogP) is 8.04. The molecule has 0 amide bonds. The van der Waals surface area contributed by atoms with E-state index in [2.05, 4.69) is 23.7 Å². The van der Waals surface area contributed by atoms with E-state index in [-0.39, 0.29) is 16.3 Å². The van der Waals surface area contributed by atoms with Gasteiger partial charge in [-0.2, -0.15) is 8.42 Å². The fourth-order valence-corrected chi connectivity index (χ4v) is 5.60. The van der Waals surface area contributed by atoms with E-state index in [9.17, 15) is 13.2 Å². The fourth-order valence-electron chi connectivity index (χ4n) is 5.09. The molecule has 3 aromatic carbocycles. The Labute approximate surface area is 255 Å². The average Bonchev–Trinajstić information content (AvgIpc) is 2.96. The standard InChI is InChI=1S/C24H36FN3O.C10H8O3S/c1-5-7-9-11-15-27(16-12-10-8-6-2)23-14-13-21(18-22(23)25)28-20(4)26-19(3)17-24(28)29;11-14(12,13)10-6-5-8-3-1-2-4-9(8)7-10/h13-14,17-18H,5-12,15-16H2,1-4H3;1-7H,(H,11,12,13). The summed E-state index contributed by atoms with van der Waals surface area (Å²) in [5.74, 6) is 0.290. The van der Waals surface area contributed by atoms with E-state index >= 15 is 4.39 Å². The Bertz CT molecular complexity index is 1640. The second-order valence-electron chi connectivity index (χ2n) is 10.8. The normalized spacial score (nSPS) is 11.3. The molecular formula is C34H44FN3O4S. The molecule has 0 aliphatic carbocycles. The number of hydrogen-bond acceptors (Lipinski definition) is 5. The summed E-state index contributed by atoms with van der Waals surface area (Å²) < 4.78 is 47.1. The maximum Gasteiger partial charge on any atom is 0.294 e. The molecule has 1 aromatic heterocycles. The highest BCUT2D eigenvalue weighted by Crippen LogP contribution is 2.24. The smallest absolute Gasteiger partial charge is 0.294 e. The Kier molecular flexibility index (Phi) is 12.9. The van der Waals surface area contributed by atoms with Gasteiger partial charge in [-0.05, 0) is 61.7 Å². The van der Waals surface area contributed by atoms with Gasteiger partial charge in [-0.1, -0.05) is 82.7 Å². The average molecular weight is 610 g/mol. The lowest BCUT2D eigenvalue weighted by molar-refractivity contribution is 0.483. The number of aryl methyl sites for hydroxylation is 2. The zero-order valence-electron chi connectivity index (χ0n) is 25.7. The molecule has 0 radical (unpaired) electrons. The lowest BCUT2D eigenvalue weighted by atomic mass is 10.1. The minimum absolute atomic E-state index is 0.0730. The van der Waals surface area contributed by atoms with Crippen molar-refractivity contribution in [2.45, 2.75) is 84.0 Å². The largest absolute Gasteiger partial charge is 0.369 e. The van der Waals surface area contributed by atoms with Gasteiger partial charge in [0.2, 0.25) is 0 Å². The highest BCUT2D eigenvalue weighted by molar-refractivity contribution is 7.85. The summed E-state index contributed by atoms with van der Waals surface area (Å²) >= 11 is 0. The Morgan fingerprint density at radius 2 is 1.44 bits per heavy atom. The summed E-state index contributed by atoms with van der Waals surface area (Å²) in [4.78, 5) is 18.8. The first-order valence-corrected chi connectivity index (χ1v) is 16.6. The monoisotopic (exact) mass is 609 g/mol. The number of benzene rings is 3. The Balaban J connectivity index is 0.000000299. The molecule has 0 spiro atoms. The van der Waals surface area contributed by atoms with Crippen molar-refractivity contribution in [1.82, 2.24) is 9.55 Å². The Morgan fingerprint density at radius 1 is 0.814 bits per heavy atom. The third-order valence-corrected chi connectivity index (χ3v) is 8.18. The highest BCUT2D eigenvalue weighted by atomic mass is 32.2. The van der Waals surface area contributed by atoms with Gasteiger partial charge in [-0.15, -0.1) is 0 Å². The van der Waals surface area contributed by atoms with Gasteiger partial charge < -0.3 is 4.90 Å². The maximum absolute atomic E-state index is 15.1. The van der Waals surface area contributed by atoms with Crippen LogP contribution >= 0.6 is 0 Å². The van der Waals surface area contributed by atoms with E-state index in [1.807, 2.05) is 30.3 Å². The summed E-state index contributed by atoms with van der Waals surface area (Å²) in [6.07, 6.45) is 9.31. The van der Waals surface area contributed by atoms with Gasteiger partial charge in [0.25, 0.3) is 15.7 Å². The van der Waals surface area contributed by atoms with E-state index in [0.29, 0.717) is 22.9 Å². The van der Waals surface area contributed by atoms with Crippen LogP contribution in [0.5, 0.6) is 0 Å². The minimum Gasteiger partial charge on any atom is -0.369 e. The van der Waals surface area contributed by atoms with Crippen LogP contribution < -0.4 is 10.5 Å². The number of nitrogens with zero attached hydrogens (tertiary/aromatic N) is 3. The number of unbranched alkanes of at least 4 members (excludes halogenated alkanes) is 6. The molecule has 0 bridgehead atoms. The van der Waals surface area contributed by atoms with Crippen molar-refractivity contribution in [3.63, 3.8) is 0 Å². The second-order valence-corrected chi connectivity index (χ2v) is 12.3. The number of fused-ring (bicyclic) bond motifs is 1. The first kappa shape index (κ1) is 33.9. The molecule has 0 saturated heterocycles. The zero-order chi connectivity index (χ0) is 31.4. The highest BCUT2D eigenvalue weighted by Gasteiger charge is 2.14. The van der Waals surface area contributed by atoms with Crippen LogP contribution in [0.2, 0.25) is 0 Å². The second kappa shape index (κ2) is 16.3. The molecule has 43 heavy (non-hydrogen) atoms. The van der Waals surface area contributed by atoms with Gasteiger partial charge in [0.05, 0.1) is 16.3 Å². The van der Waals surface area contributed by atoms with Crippen LogP contribution in [0, 0.1) is 19.7 Å². The van der Waals surface area contributed by atoms with Crippen molar-refractivity contribution in [3.8, 4) is 5.69 Å². The predicted molar refractivity (Wildman–Crippen MR) is 174 cm³/mol. The number of anilines is 1. The minimum atomic E-state index is -4.09. The van der Waals surface area contributed by atoms with Crippen LogP contribution in [0.3, 0.4) is 0 Å². The molecule has 7 nitrogen and oxygen atoms in total. The molecule has 232 valence electrons. The molecule has 1 heterocycles. The van der Waals surface area contributed by atoms with Gasteiger partial charge in [-0.25, -0.2) is 9.37 Å². The molecule has 0 saturated carbocycles. The number of halogens is 1. The third kappa shape index (κ3) is 10.0. The number of hydrogen-bond donors (Lipinski definition) is 1. The van der Waals surface area contributed by atoms with Crippen molar-refractivity contribution >= 4 is 26.6 Å². The quantitative estimate of drug-likeness (QED) is 0.122. The van der Waals surface area contributed by atoms with Crippen molar-refractivity contribution in [2.24, 2.45) is 0 Å². The summed E-state index contributed by atoms with van der Waals surface area (Å²) in [5.41, 5.74) is 1.65. The molecule has 0 unspecified atom stereocenters. The first-order chi connectivity index (χ1) is 20.5. The third-order valence-electron chi connectivity index (χ3n) is 7.33. The van der Waals surface area contributed by atoms with Crippen molar-refractivity contribution < 1.29 is 17.4 Å². The van der Waals surface area contributed by atoms with Crippen molar-refractivity contribution in [1.29, 1.82) is 0 Å². The lowest BCUT2D eigenvalue weighted by Crippen LogP contribution is -2.27. The zero-order valence-corrected chi connectivity index (χ0v) is 26.5. The molecule has 9 heteroatoms. The van der Waals surface area contributed by atoms with E-state index in [1.165, 1.54) is 67.4 Å². The molecule has 4 aromatic rings. The van der Waals surface area contributed by atoms with Crippen LogP contribution in [0.15, 0.2) is 76.4 Å². The molecule has 4 rings (SSSR count). The number of rotatable bonds is 13. The molecule has 0 fully saturated rings. The van der Waals surface area contributed by atoms with E-state index in [1.54, 1.807) is 26.0 Å². The maximum atomic E-state index is 15.1. The van der Waals surface area contributed by atoms with E-state index in [0.717, 1.165) is 36.7 Å². The van der Waals surface area contributed by atoms with Crippen molar-refractivity contribution in [2.75, 3.05) is 18.0 Å². The van der Waals surface area contributed by atoms with Crippen LogP contribution in [0.25, 0.3) is 16.5 Å². The summed E-state index contributed by atoms with van der Waals surface area (Å²) in [6, 6.07) is 18.4. The molecule has 0 aliphatic rings. The Hall–Kier alpha value is -3.56. The Morgan fingerprint density at radius 3 is 2.00 bits per heavy atom. The molecule has 0 aliphatic heterocycles. The van der Waals surface area contributed by atoms with Gasteiger partial charge >= 0.3 is 0 Å². The SMILES string of the molecule is CCCCCCN(CCCCCC)c1ccc(-n2c(C)nc(C)cc2=O)cc1F.O=S(=O)(O)c1ccc2ccccc2c1. The topological polar surface area (TPSA) is 92.5 Å². The first-order valence-electron chi connectivity index (χ1n) is 15.1. The fraction of sp³-hybridized carbons (Fsp3) is 0.412. The van der Waals surface area contributed by atoms with Gasteiger partial charge in [-0.3, -0.25) is 13.9 Å². The summed E-state index contributed by atoms with van der Waals surface area (Å²) in [5, 5.41) is 1.74. The lowest BCUT2D eigenvalue weighted by Gasteiger charge is -2.26. The molecule has 1 N–H and O–H groups in total. The van der Waals surface area contributed by atoms with Crippen molar-refractivity contribution in [3.05, 3.63) is 94.4 Å². The van der Waals surface area contributed by atoms with Crippen LogP contribution in [0.4, 0.5) is 10.1 Å². The van der Waals surface area contributed by atoms with Crippen LogP contribution in [0.1, 0.15) is 76.7 Å². The molecule has 0 atom stereocenters. The van der Waals surface area contributed by atoms with Crippen LogP contribution in [-0.2, 0) is 10.1 Å². The van der Waals surface area contributed by atoms with Crippen LogP contribution in [-0.4, -0.2) is 35.6 Å². The molecular weight excluding hydrogens is 565 g/mol. The van der Waals surface area contributed by atoms with Gasteiger partial charge in [0.1, 0.15) is 11.6 Å². The summed E-state index contributed by atoms with van der Waals surface area (Å²) in [7, 11) is -4.09. The summed E-state index contributed by atoms with van der Waals surface area (Å²) in [6.45, 7) is 9.70. The van der Waals surface area contributed by atoms with Gasteiger partial charge in [0, 0.05) is 30.9 Å². The van der Waals surface area contributed by atoms with E-state index < -0.39 is 10.1 Å².